The van der Waals surface area contributed by atoms with Crippen LogP contribution in [-0.2, 0) is 0 Å². The summed E-state index contributed by atoms with van der Waals surface area (Å²) >= 11 is 0. The van der Waals surface area contributed by atoms with Gasteiger partial charge in [0.15, 0.2) is 0 Å². The maximum absolute atomic E-state index is 13.5. The van der Waals surface area contributed by atoms with Gasteiger partial charge in [0, 0.05) is 17.7 Å². The summed E-state index contributed by atoms with van der Waals surface area (Å²) in [5.74, 6) is -0.238. The lowest BCUT2D eigenvalue weighted by Gasteiger charge is -2.13. The third kappa shape index (κ3) is 2.59. The lowest BCUT2D eigenvalue weighted by Crippen LogP contribution is -2.13. The van der Waals surface area contributed by atoms with Crippen molar-refractivity contribution in [2.24, 2.45) is 11.7 Å². The zero-order chi connectivity index (χ0) is 11.7. The van der Waals surface area contributed by atoms with Gasteiger partial charge in [-0.1, -0.05) is 12.8 Å². The van der Waals surface area contributed by atoms with E-state index in [1.54, 1.807) is 6.92 Å². The molecule has 1 aliphatic carbocycles. The number of nitrogens with two attached hydrogens (primary N) is 1. The van der Waals surface area contributed by atoms with Gasteiger partial charge in [0.1, 0.15) is 11.6 Å². The Labute approximate surface area is 94.7 Å². The van der Waals surface area contributed by atoms with Crippen LogP contribution in [0.3, 0.4) is 0 Å². The lowest BCUT2D eigenvalue weighted by molar-refractivity contribution is 0.521. The van der Waals surface area contributed by atoms with Crippen molar-refractivity contribution in [1.82, 2.24) is 0 Å². The topological polar surface area (TPSA) is 26.0 Å². The number of benzene rings is 1. The molecule has 1 fully saturated rings. The van der Waals surface area contributed by atoms with E-state index in [1.165, 1.54) is 18.9 Å². The van der Waals surface area contributed by atoms with Crippen LogP contribution in [0.25, 0.3) is 0 Å². The van der Waals surface area contributed by atoms with Crippen LogP contribution < -0.4 is 5.73 Å². The minimum atomic E-state index is -0.522. The molecule has 1 saturated carbocycles. The van der Waals surface area contributed by atoms with Crippen molar-refractivity contribution in [3.8, 4) is 0 Å². The predicted molar refractivity (Wildman–Crippen MR) is 60.0 cm³/mol. The second-order valence-electron chi connectivity index (χ2n) is 4.75. The summed E-state index contributed by atoms with van der Waals surface area (Å²) in [6, 6.07) is 2.16. The molecule has 2 rings (SSSR count). The van der Waals surface area contributed by atoms with E-state index in [0.717, 1.165) is 24.8 Å². The SMILES string of the molecule is Cc1cc(C(N)CCC2CC2)c(F)cc1F. The van der Waals surface area contributed by atoms with Gasteiger partial charge in [-0.2, -0.15) is 0 Å². The van der Waals surface area contributed by atoms with Gasteiger partial charge in [0.2, 0.25) is 0 Å². The molecule has 0 amide bonds. The van der Waals surface area contributed by atoms with Crippen molar-refractivity contribution in [1.29, 1.82) is 0 Å². The molecule has 0 aromatic heterocycles. The van der Waals surface area contributed by atoms with Crippen molar-refractivity contribution in [3.05, 3.63) is 34.9 Å². The summed E-state index contributed by atoms with van der Waals surface area (Å²) in [6.45, 7) is 1.63. The molecular weight excluding hydrogens is 208 g/mol. The maximum Gasteiger partial charge on any atom is 0.130 e. The molecule has 0 spiro atoms. The monoisotopic (exact) mass is 225 g/mol. The van der Waals surface area contributed by atoms with Crippen molar-refractivity contribution in [2.75, 3.05) is 0 Å². The first-order valence-corrected chi connectivity index (χ1v) is 5.79. The molecule has 16 heavy (non-hydrogen) atoms. The second kappa shape index (κ2) is 4.50. The number of hydrogen-bond acceptors (Lipinski definition) is 1. The standard InChI is InChI=1S/C13H17F2N/c1-8-6-10(12(15)7-11(8)14)13(16)5-4-9-2-3-9/h6-7,9,13H,2-5,16H2,1H3. The summed E-state index contributed by atoms with van der Waals surface area (Å²) in [5.41, 5.74) is 6.83. The van der Waals surface area contributed by atoms with E-state index in [1.807, 2.05) is 0 Å². The summed E-state index contributed by atoms with van der Waals surface area (Å²) in [4.78, 5) is 0. The zero-order valence-corrected chi connectivity index (χ0v) is 9.47. The van der Waals surface area contributed by atoms with Crippen molar-refractivity contribution in [3.63, 3.8) is 0 Å². The van der Waals surface area contributed by atoms with Crippen LogP contribution in [0.2, 0.25) is 0 Å². The summed E-state index contributed by atoms with van der Waals surface area (Å²) < 4.78 is 26.6. The predicted octanol–water partition coefficient (Wildman–Crippen LogP) is 3.46. The van der Waals surface area contributed by atoms with Gasteiger partial charge in [-0.25, -0.2) is 8.78 Å². The fourth-order valence-electron chi connectivity index (χ4n) is 1.94. The van der Waals surface area contributed by atoms with E-state index in [2.05, 4.69) is 0 Å². The van der Waals surface area contributed by atoms with E-state index >= 15 is 0 Å². The van der Waals surface area contributed by atoms with Gasteiger partial charge < -0.3 is 5.73 Å². The third-order valence-electron chi connectivity index (χ3n) is 3.26. The zero-order valence-electron chi connectivity index (χ0n) is 9.47. The fourth-order valence-corrected chi connectivity index (χ4v) is 1.94. The minimum absolute atomic E-state index is 0.306. The Morgan fingerprint density at radius 2 is 2.00 bits per heavy atom. The highest BCUT2D eigenvalue weighted by molar-refractivity contribution is 5.28. The Hall–Kier alpha value is -0.960. The molecule has 2 N–H and O–H groups in total. The van der Waals surface area contributed by atoms with E-state index in [0.29, 0.717) is 11.1 Å². The van der Waals surface area contributed by atoms with E-state index < -0.39 is 11.6 Å². The van der Waals surface area contributed by atoms with Crippen molar-refractivity contribution < 1.29 is 8.78 Å². The Kier molecular flexibility index (Phi) is 3.24. The molecule has 1 nitrogen and oxygen atoms in total. The first-order valence-electron chi connectivity index (χ1n) is 5.79. The molecule has 1 unspecified atom stereocenters. The number of hydrogen-bond donors (Lipinski definition) is 1. The van der Waals surface area contributed by atoms with Crippen LogP contribution in [0.4, 0.5) is 8.78 Å². The molecule has 3 heteroatoms. The number of rotatable bonds is 4. The van der Waals surface area contributed by atoms with Crippen molar-refractivity contribution >= 4 is 0 Å². The van der Waals surface area contributed by atoms with Gasteiger partial charge >= 0.3 is 0 Å². The Balaban J connectivity index is 2.08. The van der Waals surface area contributed by atoms with Gasteiger partial charge in [0.25, 0.3) is 0 Å². The molecule has 0 aliphatic heterocycles. The quantitative estimate of drug-likeness (QED) is 0.834. The van der Waals surface area contributed by atoms with Crippen LogP contribution >= 0.6 is 0 Å². The normalized spacial score (nSPS) is 17.5. The Bertz CT molecular complexity index is 386. The highest BCUT2D eigenvalue weighted by atomic mass is 19.1. The van der Waals surface area contributed by atoms with Gasteiger partial charge in [-0.05, 0) is 37.3 Å². The molecule has 88 valence electrons. The molecule has 1 aromatic carbocycles. The molecule has 0 saturated heterocycles. The highest BCUT2D eigenvalue weighted by Crippen LogP contribution is 2.35. The summed E-state index contributed by atoms with van der Waals surface area (Å²) in [5, 5.41) is 0. The van der Waals surface area contributed by atoms with Crippen LogP contribution in [0.1, 0.15) is 42.9 Å². The summed E-state index contributed by atoms with van der Waals surface area (Å²) in [7, 11) is 0. The molecule has 1 atom stereocenters. The fraction of sp³-hybridized carbons (Fsp3) is 0.538. The van der Waals surface area contributed by atoms with E-state index in [9.17, 15) is 8.78 Å². The average Bonchev–Trinajstić information content (AvgIpc) is 3.03. The van der Waals surface area contributed by atoms with Crippen molar-refractivity contribution in [2.45, 2.75) is 38.6 Å². The minimum Gasteiger partial charge on any atom is -0.324 e. The summed E-state index contributed by atoms with van der Waals surface area (Å²) in [6.07, 6.45) is 4.39. The van der Waals surface area contributed by atoms with Gasteiger partial charge in [0.05, 0.1) is 0 Å². The molecule has 0 bridgehead atoms. The van der Waals surface area contributed by atoms with Gasteiger partial charge in [-0.15, -0.1) is 0 Å². The largest absolute Gasteiger partial charge is 0.324 e. The first kappa shape index (κ1) is 11.5. The number of halogens is 2. The first-order chi connectivity index (χ1) is 7.58. The van der Waals surface area contributed by atoms with Crippen LogP contribution in [0, 0.1) is 24.5 Å². The van der Waals surface area contributed by atoms with Gasteiger partial charge in [-0.3, -0.25) is 0 Å². The van der Waals surface area contributed by atoms with Crippen LogP contribution in [0.15, 0.2) is 12.1 Å². The molecule has 0 heterocycles. The van der Waals surface area contributed by atoms with E-state index in [4.69, 9.17) is 5.73 Å². The van der Waals surface area contributed by atoms with Crippen LogP contribution in [-0.4, -0.2) is 0 Å². The Morgan fingerprint density at radius 3 is 2.62 bits per heavy atom. The number of aryl methyl sites for hydroxylation is 1. The van der Waals surface area contributed by atoms with Crippen LogP contribution in [0.5, 0.6) is 0 Å². The smallest absolute Gasteiger partial charge is 0.130 e. The Morgan fingerprint density at radius 1 is 1.31 bits per heavy atom. The molecule has 1 aromatic rings. The average molecular weight is 225 g/mol. The molecule has 0 radical (unpaired) electrons. The van der Waals surface area contributed by atoms with E-state index in [-0.39, 0.29) is 6.04 Å². The molecule has 1 aliphatic rings. The second-order valence-corrected chi connectivity index (χ2v) is 4.75. The third-order valence-corrected chi connectivity index (χ3v) is 3.26. The molecular formula is C13H17F2N. The maximum atomic E-state index is 13.5. The highest BCUT2D eigenvalue weighted by Gasteiger charge is 2.23. The lowest BCUT2D eigenvalue weighted by atomic mass is 9.99.